The number of halogens is 1. The van der Waals surface area contributed by atoms with Crippen LogP contribution in [0.3, 0.4) is 0 Å². The molecule has 0 atom stereocenters. The number of morpholine rings is 1. The molecule has 0 amide bonds. The number of hydrogen-bond donors (Lipinski definition) is 1. The lowest BCUT2D eigenvalue weighted by Crippen LogP contribution is -2.40. The second kappa shape index (κ2) is 8.78. The number of rotatable bonds is 6. The van der Waals surface area contributed by atoms with E-state index in [2.05, 4.69) is 26.5 Å². The molecule has 0 saturated carbocycles. The number of sulfonamides is 1. The molecule has 0 bridgehead atoms. The number of nitro benzene ring substituents is 1. The largest absolute Gasteiger partial charge is 0.379 e. The van der Waals surface area contributed by atoms with E-state index in [0.29, 0.717) is 13.2 Å². The first kappa shape index (κ1) is 20.4. The molecule has 11 heteroatoms. The van der Waals surface area contributed by atoms with E-state index < -0.39 is 14.9 Å². The lowest BCUT2D eigenvalue weighted by Gasteiger charge is -2.26. The molecular formula is C17H17BrN4O5S. The van der Waals surface area contributed by atoms with E-state index in [4.69, 9.17) is 4.74 Å². The van der Waals surface area contributed by atoms with Crippen LogP contribution in [0.5, 0.6) is 0 Å². The van der Waals surface area contributed by atoms with Gasteiger partial charge in [0.25, 0.3) is 5.69 Å². The van der Waals surface area contributed by atoms with Crippen molar-refractivity contribution >= 4 is 43.5 Å². The van der Waals surface area contributed by atoms with Gasteiger partial charge in [-0.15, -0.1) is 0 Å². The smallest absolute Gasteiger partial charge is 0.295 e. The maximum atomic E-state index is 12.7. The summed E-state index contributed by atoms with van der Waals surface area (Å²) in [6.07, 6.45) is 1.51. The summed E-state index contributed by atoms with van der Waals surface area (Å²) in [5, 5.41) is 15.4. The van der Waals surface area contributed by atoms with E-state index in [1.807, 2.05) is 24.3 Å². The zero-order valence-electron chi connectivity index (χ0n) is 14.6. The Morgan fingerprint density at radius 3 is 2.64 bits per heavy atom. The molecule has 2 aromatic rings. The maximum Gasteiger partial charge on any atom is 0.295 e. The fourth-order valence-corrected chi connectivity index (χ4v) is 4.46. The van der Waals surface area contributed by atoms with E-state index in [1.54, 1.807) is 0 Å². The molecule has 148 valence electrons. The van der Waals surface area contributed by atoms with Crippen LogP contribution in [0.25, 0.3) is 0 Å². The van der Waals surface area contributed by atoms with Gasteiger partial charge in [-0.05, 0) is 29.8 Å². The van der Waals surface area contributed by atoms with Gasteiger partial charge in [-0.2, -0.15) is 9.41 Å². The average molecular weight is 469 g/mol. The zero-order valence-corrected chi connectivity index (χ0v) is 17.0. The first-order chi connectivity index (χ1) is 13.4. The van der Waals surface area contributed by atoms with Crippen molar-refractivity contribution in [3.63, 3.8) is 0 Å². The standard InChI is InChI=1S/C17H17BrN4O5S/c18-14-3-1-2-13(10-14)12-19-20-16-5-4-15(11-17(16)22(23)24)28(25,26)21-6-8-27-9-7-21/h1-5,10-12,20H,6-9H2/b19-12-. The van der Waals surface area contributed by atoms with E-state index in [1.165, 1.54) is 22.7 Å². The molecule has 1 saturated heterocycles. The summed E-state index contributed by atoms with van der Waals surface area (Å²) in [5.41, 5.74) is 3.11. The number of anilines is 1. The van der Waals surface area contributed by atoms with Crippen molar-refractivity contribution in [3.8, 4) is 0 Å². The number of benzene rings is 2. The summed E-state index contributed by atoms with van der Waals surface area (Å²) >= 11 is 3.35. The highest BCUT2D eigenvalue weighted by molar-refractivity contribution is 9.10. The molecule has 0 spiro atoms. The Morgan fingerprint density at radius 1 is 1.21 bits per heavy atom. The minimum Gasteiger partial charge on any atom is -0.379 e. The van der Waals surface area contributed by atoms with Crippen LogP contribution < -0.4 is 5.43 Å². The third-order valence-corrected chi connectivity index (χ3v) is 6.41. The molecule has 0 aliphatic carbocycles. The Bertz CT molecular complexity index is 1010. The van der Waals surface area contributed by atoms with Crippen LogP contribution in [0.2, 0.25) is 0 Å². The van der Waals surface area contributed by atoms with Crippen LogP contribution in [0.15, 0.2) is 56.9 Å². The molecule has 1 heterocycles. The highest BCUT2D eigenvalue weighted by Gasteiger charge is 2.28. The number of nitro groups is 1. The highest BCUT2D eigenvalue weighted by Crippen LogP contribution is 2.29. The second-order valence-corrected chi connectivity index (χ2v) is 8.73. The highest BCUT2D eigenvalue weighted by atomic mass is 79.9. The lowest BCUT2D eigenvalue weighted by atomic mass is 10.2. The first-order valence-electron chi connectivity index (χ1n) is 8.29. The number of nitrogens with zero attached hydrogens (tertiary/aromatic N) is 3. The lowest BCUT2D eigenvalue weighted by molar-refractivity contribution is -0.384. The fourth-order valence-electron chi connectivity index (χ4n) is 2.62. The average Bonchev–Trinajstić information content (AvgIpc) is 2.68. The molecule has 9 nitrogen and oxygen atoms in total. The van der Waals surface area contributed by atoms with E-state index in [-0.39, 0.29) is 29.4 Å². The van der Waals surface area contributed by atoms with Crippen LogP contribution in [0, 0.1) is 10.1 Å². The van der Waals surface area contributed by atoms with Gasteiger partial charge in [0.1, 0.15) is 5.69 Å². The second-order valence-electron chi connectivity index (χ2n) is 5.88. The molecule has 1 N–H and O–H groups in total. The predicted molar refractivity (Wildman–Crippen MR) is 108 cm³/mol. The summed E-state index contributed by atoms with van der Waals surface area (Å²) < 4.78 is 32.7. The Morgan fingerprint density at radius 2 is 1.96 bits per heavy atom. The van der Waals surface area contributed by atoms with Crippen molar-refractivity contribution in [1.82, 2.24) is 4.31 Å². The van der Waals surface area contributed by atoms with E-state index in [9.17, 15) is 18.5 Å². The fraction of sp³-hybridized carbons (Fsp3) is 0.235. The van der Waals surface area contributed by atoms with Crippen LogP contribution in [-0.4, -0.2) is 50.2 Å². The minimum absolute atomic E-state index is 0.0946. The summed E-state index contributed by atoms with van der Waals surface area (Å²) in [6, 6.07) is 11.1. The maximum absolute atomic E-state index is 12.7. The van der Waals surface area contributed by atoms with Crippen LogP contribution >= 0.6 is 15.9 Å². The van der Waals surface area contributed by atoms with Crippen molar-refractivity contribution in [2.24, 2.45) is 5.10 Å². The van der Waals surface area contributed by atoms with Gasteiger partial charge in [-0.3, -0.25) is 15.5 Å². The summed E-state index contributed by atoms with van der Waals surface area (Å²) in [7, 11) is -3.83. The molecule has 28 heavy (non-hydrogen) atoms. The van der Waals surface area contributed by atoms with Crippen LogP contribution in [-0.2, 0) is 14.8 Å². The molecule has 0 radical (unpaired) electrons. The van der Waals surface area contributed by atoms with Crippen LogP contribution in [0.1, 0.15) is 5.56 Å². The molecule has 3 rings (SSSR count). The topological polar surface area (TPSA) is 114 Å². The summed E-state index contributed by atoms with van der Waals surface area (Å²) in [4.78, 5) is 10.7. The molecule has 1 fully saturated rings. The number of nitrogens with one attached hydrogen (secondary N) is 1. The van der Waals surface area contributed by atoms with Gasteiger partial charge in [-0.25, -0.2) is 8.42 Å². The number of hydrogen-bond acceptors (Lipinski definition) is 7. The molecular weight excluding hydrogens is 452 g/mol. The van der Waals surface area contributed by atoms with Crippen molar-refractivity contribution in [2.75, 3.05) is 31.7 Å². The SMILES string of the molecule is O=[N+]([O-])c1cc(S(=O)(=O)N2CCOCC2)ccc1N/N=C\c1cccc(Br)c1. The molecule has 0 aromatic heterocycles. The summed E-state index contributed by atoms with van der Waals surface area (Å²) in [5.74, 6) is 0. The number of hydrazone groups is 1. The van der Waals surface area contributed by atoms with Gasteiger partial charge in [0.15, 0.2) is 0 Å². The van der Waals surface area contributed by atoms with Crippen molar-refractivity contribution in [2.45, 2.75) is 4.90 Å². The molecule has 1 aliphatic heterocycles. The van der Waals surface area contributed by atoms with Gasteiger partial charge >= 0.3 is 0 Å². The Hall–Kier alpha value is -2.34. The Kier molecular flexibility index (Phi) is 6.39. The molecule has 1 aliphatic rings. The molecule has 2 aromatic carbocycles. The summed E-state index contributed by atoms with van der Waals surface area (Å²) in [6.45, 7) is 1.02. The van der Waals surface area contributed by atoms with Gasteiger partial charge in [0, 0.05) is 23.6 Å². The van der Waals surface area contributed by atoms with E-state index in [0.717, 1.165) is 16.1 Å². The van der Waals surface area contributed by atoms with E-state index >= 15 is 0 Å². The van der Waals surface area contributed by atoms with Gasteiger partial charge in [-0.1, -0.05) is 28.1 Å². The Labute approximate surface area is 170 Å². The normalized spacial score (nSPS) is 15.6. The van der Waals surface area contributed by atoms with Gasteiger partial charge in [0.2, 0.25) is 10.0 Å². The van der Waals surface area contributed by atoms with Crippen molar-refractivity contribution in [3.05, 3.63) is 62.6 Å². The predicted octanol–water partition coefficient (Wildman–Crippen LogP) is 2.82. The number of ether oxygens (including phenoxy) is 1. The van der Waals surface area contributed by atoms with Crippen molar-refractivity contribution in [1.29, 1.82) is 0 Å². The van der Waals surface area contributed by atoms with Crippen molar-refractivity contribution < 1.29 is 18.1 Å². The van der Waals surface area contributed by atoms with Gasteiger partial charge < -0.3 is 4.74 Å². The minimum atomic E-state index is -3.83. The third kappa shape index (κ3) is 4.73. The van der Waals surface area contributed by atoms with Crippen LogP contribution in [0.4, 0.5) is 11.4 Å². The quantitative estimate of drug-likeness (QED) is 0.396. The van der Waals surface area contributed by atoms with Gasteiger partial charge in [0.05, 0.1) is 29.2 Å². The first-order valence-corrected chi connectivity index (χ1v) is 10.5. The molecule has 0 unspecified atom stereocenters. The zero-order chi connectivity index (χ0) is 20.1. The monoisotopic (exact) mass is 468 g/mol. The Balaban J connectivity index is 1.84. The third-order valence-electron chi connectivity index (χ3n) is 4.02.